The van der Waals surface area contributed by atoms with Crippen molar-refractivity contribution in [1.29, 1.82) is 0 Å². The van der Waals surface area contributed by atoms with Gasteiger partial charge in [-0.1, -0.05) is 35.8 Å². The molecule has 0 saturated carbocycles. The molecule has 1 aromatic rings. The molecule has 3 heteroatoms. The predicted octanol–water partition coefficient (Wildman–Crippen LogP) is 3.77. The predicted molar refractivity (Wildman–Crippen MR) is 78.8 cm³/mol. The van der Waals surface area contributed by atoms with E-state index in [1.54, 1.807) is 0 Å². The molecule has 1 aliphatic carbocycles. The van der Waals surface area contributed by atoms with E-state index in [0.29, 0.717) is 5.41 Å². The molecule has 2 aliphatic rings. The minimum atomic E-state index is -0.0645. The molecule has 0 saturated heterocycles. The minimum Gasteiger partial charge on any atom is -0.387 e. The van der Waals surface area contributed by atoms with Gasteiger partial charge in [-0.25, -0.2) is 0 Å². The average Bonchev–Trinajstić information content (AvgIpc) is 2.61. The normalized spacial score (nSPS) is 29.2. The topological polar surface area (TPSA) is 38.4 Å². The van der Waals surface area contributed by atoms with Crippen molar-refractivity contribution < 1.29 is 0 Å². The lowest BCUT2D eigenvalue weighted by molar-refractivity contribution is 0.210. The first kappa shape index (κ1) is 12.2. The molecule has 96 valence electrons. The van der Waals surface area contributed by atoms with Gasteiger partial charge in [0.2, 0.25) is 0 Å². The molecule has 18 heavy (non-hydrogen) atoms. The highest BCUT2D eigenvalue weighted by Gasteiger charge is 2.45. The molecule has 1 atom stereocenters. The van der Waals surface area contributed by atoms with Crippen molar-refractivity contribution in [3.8, 4) is 0 Å². The van der Waals surface area contributed by atoms with Crippen molar-refractivity contribution in [1.82, 2.24) is 0 Å². The van der Waals surface area contributed by atoms with Crippen molar-refractivity contribution in [3.63, 3.8) is 0 Å². The Morgan fingerprint density at radius 3 is 2.78 bits per heavy atom. The molecule has 1 unspecified atom stereocenters. The summed E-state index contributed by atoms with van der Waals surface area (Å²) < 4.78 is 1.14. The summed E-state index contributed by atoms with van der Waals surface area (Å²) >= 11 is 3.58. The van der Waals surface area contributed by atoms with Crippen LogP contribution in [0.2, 0.25) is 0 Å². The number of hydrogen-bond acceptors (Lipinski definition) is 2. The van der Waals surface area contributed by atoms with Gasteiger partial charge in [0.1, 0.15) is 0 Å². The van der Waals surface area contributed by atoms with Crippen LogP contribution in [0.4, 0.5) is 0 Å². The van der Waals surface area contributed by atoms with Crippen molar-refractivity contribution in [2.24, 2.45) is 16.1 Å². The monoisotopic (exact) mass is 306 g/mol. The Morgan fingerprint density at radius 1 is 1.33 bits per heavy atom. The average molecular weight is 307 g/mol. The highest BCUT2D eigenvalue weighted by molar-refractivity contribution is 9.10. The standard InChI is InChI=1S/C15H19BrN2/c1-14(2)8-10-3-4-11(16)7-12(10)15(9-14)6-5-13(17)18-15/h3-4,7H,5-6,8-9H2,1-2H3,(H2,17,18). The van der Waals surface area contributed by atoms with Gasteiger partial charge < -0.3 is 5.73 Å². The zero-order chi connectivity index (χ0) is 13.0. The quantitative estimate of drug-likeness (QED) is 0.778. The van der Waals surface area contributed by atoms with Crippen molar-refractivity contribution in [3.05, 3.63) is 33.8 Å². The number of aliphatic imine (C=N–C) groups is 1. The van der Waals surface area contributed by atoms with Crippen LogP contribution >= 0.6 is 15.9 Å². The largest absolute Gasteiger partial charge is 0.387 e. The van der Waals surface area contributed by atoms with Gasteiger partial charge in [0.25, 0.3) is 0 Å². The van der Waals surface area contributed by atoms with Crippen molar-refractivity contribution in [2.45, 2.75) is 45.1 Å². The van der Waals surface area contributed by atoms with Gasteiger partial charge in [-0.3, -0.25) is 4.99 Å². The van der Waals surface area contributed by atoms with Crippen LogP contribution in [0.1, 0.15) is 44.2 Å². The fourth-order valence-corrected chi connectivity index (χ4v) is 4.01. The number of nitrogens with zero attached hydrogens (tertiary/aromatic N) is 1. The maximum atomic E-state index is 5.96. The van der Waals surface area contributed by atoms with Gasteiger partial charge in [-0.2, -0.15) is 0 Å². The number of halogens is 1. The zero-order valence-corrected chi connectivity index (χ0v) is 12.5. The maximum Gasteiger partial charge on any atom is 0.0949 e. The lowest BCUT2D eigenvalue weighted by atomic mass is 9.65. The van der Waals surface area contributed by atoms with Crippen LogP contribution in [0, 0.1) is 5.41 Å². The van der Waals surface area contributed by atoms with E-state index >= 15 is 0 Å². The Morgan fingerprint density at radius 2 is 2.11 bits per heavy atom. The minimum absolute atomic E-state index is 0.0645. The molecule has 1 aliphatic heterocycles. The van der Waals surface area contributed by atoms with E-state index in [1.807, 2.05) is 0 Å². The Hall–Kier alpha value is -0.830. The summed E-state index contributed by atoms with van der Waals surface area (Å²) in [5.74, 6) is 0.818. The van der Waals surface area contributed by atoms with Gasteiger partial charge >= 0.3 is 0 Å². The summed E-state index contributed by atoms with van der Waals surface area (Å²) in [4.78, 5) is 4.83. The first-order valence-corrected chi connectivity index (χ1v) is 7.33. The molecule has 1 aromatic carbocycles. The Balaban J connectivity index is 2.19. The molecule has 3 rings (SSSR count). The molecule has 2 N–H and O–H groups in total. The summed E-state index contributed by atoms with van der Waals surface area (Å²) in [6, 6.07) is 6.62. The van der Waals surface area contributed by atoms with Crippen LogP contribution in [0.3, 0.4) is 0 Å². The summed E-state index contributed by atoms with van der Waals surface area (Å²) in [5, 5.41) is 0. The van der Waals surface area contributed by atoms with Crippen LogP contribution in [-0.2, 0) is 12.0 Å². The summed E-state index contributed by atoms with van der Waals surface area (Å²) in [6.45, 7) is 4.67. The van der Waals surface area contributed by atoms with Crippen LogP contribution in [-0.4, -0.2) is 5.84 Å². The number of hydrogen-bond donors (Lipinski definition) is 1. The molecule has 0 aromatic heterocycles. The first-order chi connectivity index (χ1) is 8.40. The third-order valence-corrected chi connectivity index (χ3v) is 4.66. The Bertz CT molecular complexity index is 533. The molecule has 0 bridgehead atoms. The Kier molecular flexibility index (Phi) is 2.60. The first-order valence-electron chi connectivity index (χ1n) is 6.53. The molecular formula is C15H19BrN2. The van der Waals surface area contributed by atoms with Crippen LogP contribution < -0.4 is 5.73 Å². The third-order valence-electron chi connectivity index (χ3n) is 4.17. The smallest absolute Gasteiger partial charge is 0.0949 e. The van der Waals surface area contributed by atoms with E-state index in [2.05, 4.69) is 48.0 Å². The van der Waals surface area contributed by atoms with E-state index in [1.165, 1.54) is 11.1 Å². The van der Waals surface area contributed by atoms with Gasteiger partial charge in [0.15, 0.2) is 0 Å². The molecule has 2 nitrogen and oxygen atoms in total. The van der Waals surface area contributed by atoms with E-state index in [9.17, 15) is 0 Å². The number of nitrogens with two attached hydrogens (primary N) is 1. The van der Waals surface area contributed by atoms with E-state index in [0.717, 1.165) is 36.0 Å². The second-order valence-corrected chi connectivity index (χ2v) is 7.37. The van der Waals surface area contributed by atoms with Crippen molar-refractivity contribution >= 4 is 21.8 Å². The fourth-order valence-electron chi connectivity index (χ4n) is 3.65. The molecule has 0 fully saturated rings. The number of rotatable bonds is 0. The maximum absolute atomic E-state index is 5.96. The lowest BCUT2D eigenvalue weighted by Crippen LogP contribution is -2.36. The summed E-state index contributed by atoms with van der Waals surface area (Å²) in [6.07, 6.45) is 4.23. The lowest BCUT2D eigenvalue weighted by Gasteiger charge is -2.42. The van der Waals surface area contributed by atoms with Crippen molar-refractivity contribution in [2.75, 3.05) is 0 Å². The number of benzene rings is 1. The molecule has 0 radical (unpaired) electrons. The van der Waals surface area contributed by atoms with Crippen LogP contribution in [0.5, 0.6) is 0 Å². The van der Waals surface area contributed by atoms with Gasteiger partial charge in [-0.15, -0.1) is 0 Å². The van der Waals surface area contributed by atoms with E-state index < -0.39 is 0 Å². The second kappa shape index (κ2) is 3.83. The van der Waals surface area contributed by atoms with Gasteiger partial charge in [0.05, 0.1) is 11.4 Å². The molecular weight excluding hydrogens is 288 g/mol. The third kappa shape index (κ3) is 1.89. The number of fused-ring (bicyclic) bond motifs is 2. The fraction of sp³-hybridized carbons (Fsp3) is 0.533. The highest BCUT2D eigenvalue weighted by atomic mass is 79.9. The van der Waals surface area contributed by atoms with Crippen LogP contribution in [0.25, 0.3) is 0 Å². The highest BCUT2D eigenvalue weighted by Crippen LogP contribution is 2.51. The van der Waals surface area contributed by atoms with Gasteiger partial charge in [0, 0.05) is 10.9 Å². The van der Waals surface area contributed by atoms with Crippen LogP contribution in [0.15, 0.2) is 27.7 Å². The molecule has 0 amide bonds. The number of amidine groups is 1. The molecule has 1 heterocycles. The summed E-state index contributed by atoms with van der Waals surface area (Å²) in [5.41, 5.74) is 9.02. The second-order valence-electron chi connectivity index (χ2n) is 6.45. The Labute approximate surface area is 117 Å². The summed E-state index contributed by atoms with van der Waals surface area (Å²) in [7, 11) is 0. The van der Waals surface area contributed by atoms with Gasteiger partial charge in [-0.05, 0) is 47.9 Å². The van der Waals surface area contributed by atoms with E-state index in [4.69, 9.17) is 10.7 Å². The van der Waals surface area contributed by atoms with E-state index in [-0.39, 0.29) is 5.54 Å². The molecule has 1 spiro atoms. The SMILES string of the molecule is CC1(C)Cc2ccc(Br)cc2C2(CCC(N)=N2)C1. The zero-order valence-electron chi connectivity index (χ0n) is 11.0.